The number of nitrogens with one attached hydrogen (secondary N) is 1. The van der Waals surface area contributed by atoms with Gasteiger partial charge in [0.15, 0.2) is 0 Å². The Kier molecular flexibility index (Phi) is 7.13. The second kappa shape index (κ2) is 9.56. The lowest BCUT2D eigenvalue weighted by Crippen LogP contribution is -2.20. The van der Waals surface area contributed by atoms with E-state index in [0.717, 1.165) is 35.4 Å². The summed E-state index contributed by atoms with van der Waals surface area (Å²) < 4.78 is 5.23. The van der Waals surface area contributed by atoms with E-state index in [1.807, 2.05) is 56.6 Å². The third kappa shape index (κ3) is 5.41. The molecular formula is C19H25N5O. The normalized spacial score (nSPS) is 10.3. The second-order valence-electron chi connectivity index (χ2n) is 5.66. The van der Waals surface area contributed by atoms with Crippen molar-refractivity contribution in [2.75, 3.05) is 39.6 Å². The summed E-state index contributed by atoms with van der Waals surface area (Å²) >= 11 is 0. The van der Waals surface area contributed by atoms with Crippen LogP contribution in [0.2, 0.25) is 0 Å². The largest absolute Gasteiger partial charge is 0.479 e. The molecule has 0 radical (unpaired) electrons. The molecule has 3 rings (SSSR count). The van der Waals surface area contributed by atoms with Crippen LogP contribution < -0.4 is 15.8 Å². The molecule has 3 N–H and O–H groups in total. The summed E-state index contributed by atoms with van der Waals surface area (Å²) in [7, 11) is 5.61. The van der Waals surface area contributed by atoms with Crippen molar-refractivity contribution in [3.63, 3.8) is 0 Å². The predicted octanol–water partition coefficient (Wildman–Crippen LogP) is 2.89. The van der Waals surface area contributed by atoms with Crippen LogP contribution in [0.1, 0.15) is 0 Å². The number of para-hydroxylation sites is 1. The number of benzene rings is 1. The number of ether oxygens (including phenoxy) is 1. The van der Waals surface area contributed by atoms with Crippen LogP contribution in [0.4, 0.5) is 11.4 Å². The number of aromatic nitrogens is 2. The standard InChI is InChI=1S/C15H13N3O.C4H12N2/c1-19-15-14-12(7-9-17-15)13(8-10-16-14)18-11-5-3-2-4-6-11;1-6(2)4-3-5/h2-10H,1H3,(H,16,18);3-5H2,1-2H3. The molecule has 0 bridgehead atoms. The van der Waals surface area contributed by atoms with Crippen molar-refractivity contribution in [3.8, 4) is 5.88 Å². The molecule has 0 aliphatic carbocycles. The van der Waals surface area contributed by atoms with Gasteiger partial charge in [-0.1, -0.05) is 18.2 Å². The molecule has 6 heteroatoms. The van der Waals surface area contributed by atoms with Gasteiger partial charge in [-0.3, -0.25) is 4.98 Å². The van der Waals surface area contributed by atoms with Gasteiger partial charge in [0.1, 0.15) is 5.52 Å². The molecule has 6 nitrogen and oxygen atoms in total. The molecule has 0 unspecified atom stereocenters. The van der Waals surface area contributed by atoms with Crippen molar-refractivity contribution in [1.29, 1.82) is 0 Å². The average Bonchev–Trinajstić information content (AvgIpc) is 2.63. The Morgan fingerprint density at radius 3 is 2.36 bits per heavy atom. The average molecular weight is 339 g/mol. The van der Waals surface area contributed by atoms with Crippen molar-refractivity contribution >= 4 is 22.3 Å². The number of nitrogens with two attached hydrogens (primary N) is 1. The van der Waals surface area contributed by atoms with E-state index in [-0.39, 0.29) is 0 Å². The van der Waals surface area contributed by atoms with Crippen molar-refractivity contribution in [1.82, 2.24) is 14.9 Å². The van der Waals surface area contributed by atoms with E-state index in [9.17, 15) is 0 Å². The van der Waals surface area contributed by atoms with Gasteiger partial charge in [-0.25, -0.2) is 4.98 Å². The van der Waals surface area contributed by atoms with Gasteiger partial charge in [0, 0.05) is 42.2 Å². The number of hydrogen-bond donors (Lipinski definition) is 2. The molecule has 3 aromatic rings. The Balaban J connectivity index is 0.000000326. The van der Waals surface area contributed by atoms with Gasteiger partial charge in [0.25, 0.3) is 0 Å². The lowest BCUT2D eigenvalue weighted by molar-refractivity contribution is 0.402. The first-order valence-electron chi connectivity index (χ1n) is 8.10. The molecule has 2 heterocycles. The Labute approximate surface area is 148 Å². The summed E-state index contributed by atoms with van der Waals surface area (Å²) in [5, 5.41) is 4.36. The monoisotopic (exact) mass is 339 g/mol. The number of nitrogens with zero attached hydrogens (tertiary/aromatic N) is 3. The highest BCUT2D eigenvalue weighted by Gasteiger charge is 2.07. The van der Waals surface area contributed by atoms with E-state index in [4.69, 9.17) is 10.5 Å². The van der Waals surface area contributed by atoms with Crippen LogP contribution in [0, 0.1) is 0 Å². The molecule has 2 aromatic heterocycles. The van der Waals surface area contributed by atoms with Gasteiger partial charge in [-0.2, -0.15) is 0 Å². The second-order valence-corrected chi connectivity index (χ2v) is 5.66. The van der Waals surface area contributed by atoms with E-state index in [1.165, 1.54) is 0 Å². The van der Waals surface area contributed by atoms with Crippen LogP contribution in [0.15, 0.2) is 54.9 Å². The number of rotatable bonds is 5. The van der Waals surface area contributed by atoms with E-state index in [1.54, 1.807) is 19.5 Å². The van der Waals surface area contributed by atoms with Gasteiger partial charge in [-0.15, -0.1) is 0 Å². The lowest BCUT2D eigenvalue weighted by atomic mass is 10.2. The molecule has 0 aliphatic rings. The molecule has 1 aromatic carbocycles. The highest BCUT2D eigenvalue weighted by Crippen LogP contribution is 2.28. The first kappa shape index (κ1) is 18.6. The first-order chi connectivity index (χ1) is 12.2. The van der Waals surface area contributed by atoms with E-state index < -0.39 is 0 Å². The number of methoxy groups -OCH3 is 1. The summed E-state index contributed by atoms with van der Waals surface area (Å²) in [6, 6.07) is 13.9. The minimum atomic E-state index is 0.536. The van der Waals surface area contributed by atoms with Gasteiger partial charge >= 0.3 is 0 Å². The molecule has 0 saturated heterocycles. The quantitative estimate of drug-likeness (QED) is 0.744. The third-order valence-electron chi connectivity index (χ3n) is 3.45. The zero-order chi connectivity index (χ0) is 18.1. The summed E-state index contributed by atoms with van der Waals surface area (Å²) in [5.74, 6) is 0.536. The maximum absolute atomic E-state index is 5.23. The number of likely N-dealkylation sites (N-methyl/N-ethyl adjacent to an activating group) is 1. The van der Waals surface area contributed by atoms with Crippen molar-refractivity contribution in [2.45, 2.75) is 0 Å². The molecule has 0 fully saturated rings. The highest BCUT2D eigenvalue weighted by atomic mass is 16.5. The Morgan fingerprint density at radius 1 is 1.04 bits per heavy atom. The summed E-state index contributed by atoms with van der Waals surface area (Å²) in [6.45, 7) is 1.74. The summed E-state index contributed by atoms with van der Waals surface area (Å²) in [4.78, 5) is 10.5. The Hall–Kier alpha value is -2.70. The molecule has 25 heavy (non-hydrogen) atoms. The number of fused-ring (bicyclic) bond motifs is 1. The fourth-order valence-electron chi connectivity index (χ4n) is 2.25. The van der Waals surface area contributed by atoms with Gasteiger partial charge in [0.05, 0.1) is 7.11 Å². The fourth-order valence-corrected chi connectivity index (χ4v) is 2.25. The molecule has 0 aliphatic heterocycles. The number of hydrogen-bond acceptors (Lipinski definition) is 6. The predicted molar refractivity (Wildman–Crippen MR) is 103 cm³/mol. The number of pyridine rings is 2. The topological polar surface area (TPSA) is 76.3 Å². The van der Waals surface area contributed by atoms with Crippen LogP contribution in [-0.2, 0) is 0 Å². The van der Waals surface area contributed by atoms with Gasteiger partial charge in [0.2, 0.25) is 5.88 Å². The molecular weight excluding hydrogens is 314 g/mol. The summed E-state index contributed by atoms with van der Waals surface area (Å²) in [6.07, 6.45) is 3.47. The van der Waals surface area contributed by atoms with E-state index in [0.29, 0.717) is 5.88 Å². The SMILES string of the molecule is CN(C)CCN.COc1nccc2c(Nc3ccccc3)ccnc12. The highest BCUT2D eigenvalue weighted by molar-refractivity contribution is 5.95. The smallest absolute Gasteiger partial charge is 0.240 e. The Bertz CT molecular complexity index is 777. The van der Waals surface area contributed by atoms with Crippen LogP contribution in [0.5, 0.6) is 5.88 Å². The maximum Gasteiger partial charge on any atom is 0.240 e. The fraction of sp³-hybridized carbons (Fsp3) is 0.263. The zero-order valence-corrected chi connectivity index (χ0v) is 14.9. The third-order valence-corrected chi connectivity index (χ3v) is 3.45. The van der Waals surface area contributed by atoms with Crippen LogP contribution >= 0.6 is 0 Å². The maximum atomic E-state index is 5.23. The minimum Gasteiger partial charge on any atom is -0.479 e. The Morgan fingerprint density at radius 2 is 1.76 bits per heavy atom. The molecule has 0 saturated carbocycles. The van der Waals surface area contributed by atoms with Crippen LogP contribution in [0.25, 0.3) is 10.9 Å². The minimum absolute atomic E-state index is 0.536. The van der Waals surface area contributed by atoms with Gasteiger partial charge in [-0.05, 0) is 38.4 Å². The van der Waals surface area contributed by atoms with Crippen molar-refractivity contribution < 1.29 is 4.74 Å². The van der Waals surface area contributed by atoms with Crippen molar-refractivity contribution in [2.24, 2.45) is 5.73 Å². The van der Waals surface area contributed by atoms with Crippen molar-refractivity contribution in [3.05, 3.63) is 54.9 Å². The molecule has 132 valence electrons. The molecule has 0 amide bonds. The first-order valence-corrected chi connectivity index (χ1v) is 8.10. The molecule has 0 spiro atoms. The zero-order valence-electron chi connectivity index (χ0n) is 14.9. The van der Waals surface area contributed by atoms with Crippen LogP contribution in [0.3, 0.4) is 0 Å². The lowest BCUT2D eigenvalue weighted by Gasteiger charge is -2.10. The number of anilines is 2. The van der Waals surface area contributed by atoms with E-state index in [2.05, 4.69) is 20.2 Å². The van der Waals surface area contributed by atoms with E-state index >= 15 is 0 Å². The van der Waals surface area contributed by atoms with Gasteiger partial charge < -0.3 is 20.7 Å². The molecule has 0 atom stereocenters. The summed E-state index contributed by atoms with van der Waals surface area (Å²) in [5.41, 5.74) is 7.96. The van der Waals surface area contributed by atoms with Crippen LogP contribution in [-0.4, -0.2) is 49.2 Å².